The summed E-state index contributed by atoms with van der Waals surface area (Å²) in [6, 6.07) is 10.8. The third-order valence-electron chi connectivity index (χ3n) is 8.63. The molecule has 1 saturated carbocycles. The van der Waals surface area contributed by atoms with E-state index in [1.165, 1.54) is 17.0 Å². The highest BCUT2D eigenvalue weighted by atomic mass is 19.1. The van der Waals surface area contributed by atoms with E-state index >= 15 is 0 Å². The lowest BCUT2D eigenvalue weighted by Crippen LogP contribution is -2.56. The minimum Gasteiger partial charge on any atom is -0.359 e. The van der Waals surface area contributed by atoms with Crippen molar-refractivity contribution in [3.63, 3.8) is 0 Å². The van der Waals surface area contributed by atoms with Crippen molar-refractivity contribution in [3.05, 3.63) is 77.1 Å². The van der Waals surface area contributed by atoms with Crippen molar-refractivity contribution in [2.24, 2.45) is 11.8 Å². The van der Waals surface area contributed by atoms with E-state index in [1.54, 1.807) is 12.1 Å². The normalized spacial score (nSPS) is 29.5. The molecule has 2 aromatic rings. The Labute approximate surface area is 227 Å². The SMILES string of the molecule is Cc1cc(C)cc(NC(=O)[C@@H]2[C@@H]3C=C[C@]4(O3)[C@@H]2C(=O)N(Cc2ccc(F)cc2)[C@@H]4C(=O)NC2CCCCC2)c1. The molecule has 39 heavy (non-hydrogen) atoms. The van der Waals surface area contributed by atoms with E-state index in [2.05, 4.69) is 10.6 Å². The van der Waals surface area contributed by atoms with Crippen molar-refractivity contribution in [2.75, 3.05) is 5.32 Å². The molecule has 1 spiro atoms. The van der Waals surface area contributed by atoms with Gasteiger partial charge in [-0.05, 0) is 67.6 Å². The zero-order chi connectivity index (χ0) is 27.3. The Kier molecular flexibility index (Phi) is 6.53. The third kappa shape index (κ3) is 4.54. The molecule has 3 fully saturated rings. The molecule has 3 amide bonds. The number of likely N-dealkylation sites (tertiary alicyclic amines) is 1. The van der Waals surface area contributed by atoms with Crippen molar-refractivity contribution in [2.45, 2.75) is 76.3 Å². The van der Waals surface area contributed by atoms with Crippen LogP contribution in [0.4, 0.5) is 10.1 Å². The summed E-state index contributed by atoms with van der Waals surface area (Å²) < 4.78 is 20.0. The number of benzene rings is 2. The fraction of sp³-hybridized carbons (Fsp3) is 0.452. The Morgan fingerprint density at radius 2 is 1.72 bits per heavy atom. The largest absolute Gasteiger partial charge is 0.359 e. The number of ether oxygens (including phenoxy) is 1. The van der Waals surface area contributed by atoms with Gasteiger partial charge in [0, 0.05) is 18.3 Å². The molecule has 3 aliphatic heterocycles. The molecule has 2 N–H and O–H groups in total. The zero-order valence-corrected chi connectivity index (χ0v) is 22.3. The van der Waals surface area contributed by atoms with Crippen LogP contribution in [0, 0.1) is 31.5 Å². The molecule has 2 aromatic carbocycles. The van der Waals surface area contributed by atoms with Crippen LogP contribution in [0.15, 0.2) is 54.6 Å². The maximum atomic E-state index is 14.1. The molecular formula is C31H34FN3O4. The van der Waals surface area contributed by atoms with Gasteiger partial charge in [0.2, 0.25) is 17.7 Å². The van der Waals surface area contributed by atoms with Gasteiger partial charge in [0.05, 0.1) is 17.9 Å². The molecule has 3 heterocycles. The summed E-state index contributed by atoms with van der Waals surface area (Å²) >= 11 is 0. The van der Waals surface area contributed by atoms with Crippen molar-refractivity contribution >= 4 is 23.4 Å². The fourth-order valence-electron chi connectivity index (χ4n) is 7.02. The van der Waals surface area contributed by atoms with Crippen molar-refractivity contribution in [3.8, 4) is 0 Å². The van der Waals surface area contributed by atoms with E-state index < -0.39 is 29.6 Å². The molecule has 0 radical (unpaired) electrons. The highest BCUT2D eigenvalue weighted by molar-refractivity contribution is 6.02. The highest BCUT2D eigenvalue weighted by Gasteiger charge is 2.72. The van der Waals surface area contributed by atoms with Crippen LogP contribution in [-0.4, -0.2) is 46.4 Å². The van der Waals surface area contributed by atoms with Crippen LogP contribution in [-0.2, 0) is 25.7 Å². The van der Waals surface area contributed by atoms with Gasteiger partial charge >= 0.3 is 0 Å². The Morgan fingerprint density at radius 1 is 1.03 bits per heavy atom. The van der Waals surface area contributed by atoms with Gasteiger partial charge in [-0.1, -0.05) is 49.6 Å². The van der Waals surface area contributed by atoms with Crippen molar-refractivity contribution < 1.29 is 23.5 Å². The number of nitrogens with zero attached hydrogens (tertiary/aromatic N) is 1. The van der Waals surface area contributed by atoms with E-state index in [9.17, 15) is 18.8 Å². The molecule has 0 aromatic heterocycles. The average Bonchev–Trinajstić information content (AvgIpc) is 3.53. The molecule has 8 heteroatoms. The maximum absolute atomic E-state index is 14.1. The van der Waals surface area contributed by atoms with E-state index in [0.29, 0.717) is 11.3 Å². The lowest BCUT2D eigenvalue weighted by Gasteiger charge is -2.34. The van der Waals surface area contributed by atoms with Gasteiger partial charge in [0.15, 0.2) is 0 Å². The number of fused-ring (bicyclic) bond motifs is 1. The van der Waals surface area contributed by atoms with Crippen LogP contribution in [0.5, 0.6) is 0 Å². The minimum atomic E-state index is -1.23. The predicted molar refractivity (Wildman–Crippen MR) is 144 cm³/mol. The molecule has 1 aliphatic carbocycles. The first-order valence-corrected chi connectivity index (χ1v) is 13.9. The molecule has 6 rings (SSSR count). The van der Waals surface area contributed by atoms with Crippen molar-refractivity contribution in [1.82, 2.24) is 10.2 Å². The maximum Gasteiger partial charge on any atom is 0.246 e. The molecular weight excluding hydrogens is 497 g/mol. The molecule has 2 saturated heterocycles. The number of aryl methyl sites for hydroxylation is 2. The lowest BCUT2D eigenvalue weighted by molar-refractivity contribution is -0.142. The number of carbonyl (C=O) groups is 3. The summed E-state index contributed by atoms with van der Waals surface area (Å²) in [5.74, 6) is -2.84. The van der Waals surface area contributed by atoms with E-state index in [-0.39, 0.29) is 36.1 Å². The Hall–Kier alpha value is -3.52. The average molecular weight is 532 g/mol. The second-order valence-electron chi connectivity index (χ2n) is 11.5. The Bertz CT molecular complexity index is 1320. The van der Waals surface area contributed by atoms with Crippen LogP contribution in [0.3, 0.4) is 0 Å². The fourth-order valence-corrected chi connectivity index (χ4v) is 7.02. The van der Waals surface area contributed by atoms with Crippen LogP contribution < -0.4 is 10.6 Å². The first-order valence-electron chi connectivity index (χ1n) is 13.9. The smallest absolute Gasteiger partial charge is 0.246 e. The summed E-state index contributed by atoms with van der Waals surface area (Å²) in [4.78, 5) is 43.2. The van der Waals surface area contributed by atoms with Crippen LogP contribution in [0.1, 0.15) is 48.8 Å². The number of carbonyl (C=O) groups excluding carboxylic acids is 3. The second-order valence-corrected chi connectivity index (χ2v) is 11.5. The van der Waals surface area contributed by atoms with Crippen LogP contribution in [0.25, 0.3) is 0 Å². The lowest BCUT2D eigenvalue weighted by atomic mass is 9.74. The number of rotatable bonds is 6. The van der Waals surface area contributed by atoms with Gasteiger partial charge in [-0.25, -0.2) is 4.39 Å². The van der Waals surface area contributed by atoms with Gasteiger partial charge in [0.25, 0.3) is 0 Å². The Morgan fingerprint density at radius 3 is 2.41 bits per heavy atom. The van der Waals surface area contributed by atoms with Gasteiger partial charge in [-0.3, -0.25) is 14.4 Å². The number of halogens is 1. The van der Waals surface area contributed by atoms with E-state index in [0.717, 1.165) is 43.2 Å². The van der Waals surface area contributed by atoms with Crippen LogP contribution in [0.2, 0.25) is 0 Å². The summed E-state index contributed by atoms with van der Waals surface area (Å²) in [6.07, 6.45) is 8.11. The molecule has 4 aliphatic rings. The first-order chi connectivity index (χ1) is 18.7. The molecule has 5 atom stereocenters. The van der Waals surface area contributed by atoms with E-state index in [4.69, 9.17) is 4.74 Å². The first kappa shape index (κ1) is 25.7. The van der Waals surface area contributed by atoms with Crippen LogP contribution >= 0.6 is 0 Å². The number of nitrogens with one attached hydrogen (secondary N) is 2. The number of hydrogen-bond acceptors (Lipinski definition) is 4. The highest BCUT2D eigenvalue weighted by Crippen LogP contribution is 2.55. The molecule has 0 unspecified atom stereocenters. The summed E-state index contributed by atoms with van der Waals surface area (Å²) in [5, 5.41) is 6.18. The second kappa shape index (κ2) is 9.90. The van der Waals surface area contributed by atoms with Gasteiger partial charge in [0.1, 0.15) is 17.5 Å². The molecule has 204 valence electrons. The Balaban J connectivity index is 1.32. The third-order valence-corrected chi connectivity index (χ3v) is 8.63. The number of amides is 3. The zero-order valence-electron chi connectivity index (χ0n) is 22.3. The minimum absolute atomic E-state index is 0.0516. The van der Waals surface area contributed by atoms with Gasteiger partial charge in [-0.15, -0.1) is 0 Å². The summed E-state index contributed by atoms with van der Waals surface area (Å²) in [5.41, 5.74) is 2.18. The van der Waals surface area contributed by atoms with Crippen molar-refractivity contribution in [1.29, 1.82) is 0 Å². The summed E-state index contributed by atoms with van der Waals surface area (Å²) in [7, 11) is 0. The monoisotopic (exact) mass is 531 g/mol. The summed E-state index contributed by atoms with van der Waals surface area (Å²) in [6.45, 7) is 4.04. The number of hydrogen-bond donors (Lipinski definition) is 2. The predicted octanol–water partition coefficient (Wildman–Crippen LogP) is 4.18. The molecule has 2 bridgehead atoms. The van der Waals surface area contributed by atoms with Gasteiger partial charge < -0.3 is 20.3 Å². The standard InChI is InChI=1S/C31H34FN3O4/c1-18-14-19(2)16-23(15-18)34-28(36)25-24-12-13-31(39-24)26(25)30(38)35(17-20-8-10-21(32)11-9-20)27(31)29(37)33-22-6-4-3-5-7-22/h8-16,22,24-27H,3-7,17H2,1-2H3,(H,33,37)(H,34,36)/t24-,25+,26-,27+,31-/m0/s1. The van der Waals surface area contributed by atoms with Gasteiger partial charge in [-0.2, -0.15) is 0 Å². The molecule has 7 nitrogen and oxygen atoms in total. The van der Waals surface area contributed by atoms with E-state index in [1.807, 2.05) is 44.2 Å². The topological polar surface area (TPSA) is 87.7 Å². The quantitative estimate of drug-likeness (QED) is 0.548. The number of anilines is 1.